The third-order valence-corrected chi connectivity index (χ3v) is 6.26. The SMILES string of the molecule is Cc1ccc(S(=O)(=O)N(CC(=O)Nc2cccc(C(F)(F)F)c2)c2ccccc2F)cc1. The molecule has 32 heavy (non-hydrogen) atoms. The Balaban J connectivity index is 1.94. The predicted molar refractivity (Wildman–Crippen MR) is 112 cm³/mol. The second-order valence-electron chi connectivity index (χ2n) is 6.90. The normalized spacial score (nSPS) is 11.8. The lowest BCUT2D eigenvalue weighted by Gasteiger charge is -2.24. The zero-order valence-electron chi connectivity index (χ0n) is 16.7. The van der Waals surface area contributed by atoms with Gasteiger partial charge in [0.1, 0.15) is 12.4 Å². The number of carbonyl (C=O) groups excluding carboxylic acids is 1. The van der Waals surface area contributed by atoms with Crippen LogP contribution < -0.4 is 9.62 Å². The summed E-state index contributed by atoms with van der Waals surface area (Å²) in [4.78, 5) is 12.4. The van der Waals surface area contributed by atoms with E-state index in [1.807, 2.05) is 0 Å². The fraction of sp³-hybridized carbons (Fsp3) is 0.136. The summed E-state index contributed by atoms with van der Waals surface area (Å²) in [5.74, 6) is -1.82. The van der Waals surface area contributed by atoms with Crippen LogP contribution in [0.5, 0.6) is 0 Å². The van der Waals surface area contributed by atoms with E-state index in [1.165, 1.54) is 36.4 Å². The van der Waals surface area contributed by atoms with E-state index in [9.17, 15) is 30.8 Å². The monoisotopic (exact) mass is 466 g/mol. The maximum Gasteiger partial charge on any atom is 0.416 e. The number of aryl methyl sites for hydroxylation is 1. The van der Waals surface area contributed by atoms with E-state index >= 15 is 0 Å². The van der Waals surface area contributed by atoms with E-state index in [2.05, 4.69) is 5.32 Å². The van der Waals surface area contributed by atoms with Gasteiger partial charge in [-0.1, -0.05) is 35.9 Å². The highest BCUT2D eigenvalue weighted by molar-refractivity contribution is 7.92. The Morgan fingerprint density at radius 3 is 2.25 bits per heavy atom. The molecule has 0 radical (unpaired) electrons. The number of nitrogens with zero attached hydrogens (tertiary/aromatic N) is 1. The molecule has 0 aliphatic carbocycles. The molecule has 0 aliphatic heterocycles. The first kappa shape index (κ1) is 23.3. The molecule has 3 aromatic carbocycles. The molecule has 0 fully saturated rings. The van der Waals surface area contributed by atoms with Crippen molar-refractivity contribution in [1.29, 1.82) is 0 Å². The maximum atomic E-state index is 14.4. The number of anilines is 2. The molecule has 0 saturated heterocycles. The molecule has 1 amide bonds. The highest BCUT2D eigenvalue weighted by Gasteiger charge is 2.31. The van der Waals surface area contributed by atoms with Crippen LogP contribution in [0.4, 0.5) is 28.9 Å². The Morgan fingerprint density at radius 2 is 1.62 bits per heavy atom. The van der Waals surface area contributed by atoms with Gasteiger partial charge in [-0.25, -0.2) is 12.8 Å². The van der Waals surface area contributed by atoms with E-state index in [4.69, 9.17) is 0 Å². The molecule has 3 aromatic rings. The van der Waals surface area contributed by atoms with Crippen molar-refractivity contribution in [3.8, 4) is 0 Å². The fourth-order valence-electron chi connectivity index (χ4n) is 2.90. The largest absolute Gasteiger partial charge is 0.416 e. The van der Waals surface area contributed by atoms with Crippen molar-refractivity contribution < 1.29 is 30.8 Å². The third kappa shape index (κ3) is 5.25. The van der Waals surface area contributed by atoms with E-state index in [-0.39, 0.29) is 16.3 Å². The van der Waals surface area contributed by atoms with Gasteiger partial charge >= 0.3 is 6.18 Å². The van der Waals surface area contributed by atoms with Crippen LogP contribution in [0.25, 0.3) is 0 Å². The van der Waals surface area contributed by atoms with Crippen LogP contribution in [-0.4, -0.2) is 20.9 Å². The van der Waals surface area contributed by atoms with Gasteiger partial charge in [0.05, 0.1) is 16.1 Å². The number of benzene rings is 3. The van der Waals surface area contributed by atoms with Gasteiger partial charge in [-0.15, -0.1) is 0 Å². The molecule has 0 aliphatic rings. The molecule has 10 heteroatoms. The summed E-state index contributed by atoms with van der Waals surface area (Å²) in [5.41, 5.74) is -0.726. The minimum Gasteiger partial charge on any atom is -0.325 e. The third-order valence-electron chi connectivity index (χ3n) is 4.49. The molecule has 0 saturated carbocycles. The number of alkyl halides is 3. The predicted octanol–water partition coefficient (Wildman–Crippen LogP) is 4.99. The number of para-hydroxylation sites is 1. The molecule has 0 heterocycles. The van der Waals surface area contributed by atoms with Crippen molar-refractivity contribution in [2.24, 2.45) is 0 Å². The molecule has 0 unspecified atom stereocenters. The van der Waals surface area contributed by atoms with Crippen LogP contribution in [0.3, 0.4) is 0 Å². The van der Waals surface area contributed by atoms with E-state index in [0.29, 0.717) is 4.31 Å². The Kier molecular flexibility index (Phi) is 6.54. The molecule has 0 atom stereocenters. The lowest BCUT2D eigenvalue weighted by atomic mass is 10.2. The highest BCUT2D eigenvalue weighted by atomic mass is 32.2. The van der Waals surface area contributed by atoms with Crippen molar-refractivity contribution in [3.63, 3.8) is 0 Å². The summed E-state index contributed by atoms with van der Waals surface area (Å²) in [6, 6.07) is 14.6. The number of hydrogen-bond acceptors (Lipinski definition) is 3. The average molecular weight is 466 g/mol. The first-order chi connectivity index (χ1) is 15.0. The highest BCUT2D eigenvalue weighted by Crippen LogP contribution is 2.31. The molecule has 168 valence electrons. The van der Waals surface area contributed by atoms with Gasteiger partial charge in [-0.05, 0) is 49.4 Å². The number of sulfonamides is 1. The van der Waals surface area contributed by atoms with Gasteiger partial charge in [0.25, 0.3) is 10.0 Å². The van der Waals surface area contributed by atoms with Gasteiger partial charge in [0, 0.05) is 5.69 Å². The molecule has 1 N–H and O–H groups in total. The summed E-state index contributed by atoms with van der Waals surface area (Å²) in [6.45, 7) is 0.904. The summed E-state index contributed by atoms with van der Waals surface area (Å²) < 4.78 is 80.2. The van der Waals surface area contributed by atoms with E-state index in [0.717, 1.165) is 29.8 Å². The fourth-order valence-corrected chi connectivity index (χ4v) is 4.32. The second kappa shape index (κ2) is 8.99. The summed E-state index contributed by atoms with van der Waals surface area (Å²) >= 11 is 0. The van der Waals surface area contributed by atoms with Gasteiger partial charge in [-0.2, -0.15) is 13.2 Å². The lowest BCUT2D eigenvalue weighted by Crippen LogP contribution is -2.38. The van der Waals surface area contributed by atoms with Crippen molar-refractivity contribution in [2.45, 2.75) is 18.0 Å². The van der Waals surface area contributed by atoms with Gasteiger partial charge in [-0.3, -0.25) is 9.10 Å². The van der Waals surface area contributed by atoms with Crippen molar-refractivity contribution in [2.75, 3.05) is 16.2 Å². The van der Waals surface area contributed by atoms with Crippen LogP contribution >= 0.6 is 0 Å². The van der Waals surface area contributed by atoms with E-state index < -0.39 is 40.0 Å². The van der Waals surface area contributed by atoms with E-state index in [1.54, 1.807) is 19.1 Å². The van der Waals surface area contributed by atoms with Crippen LogP contribution in [0.1, 0.15) is 11.1 Å². The Hall–Kier alpha value is -3.40. The van der Waals surface area contributed by atoms with Crippen molar-refractivity contribution in [1.82, 2.24) is 0 Å². The number of amides is 1. The first-order valence-corrected chi connectivity index (χ1v) is 10.7. The number of halogens is 4. The van der Waals surface area contributed by atoms with Gasteiger partial charge < -0.3 is 5.32 Å². The van der Waals surface area contributed by atoms with Crippen LogP contribution in [0.2, 0.25) is 0 Å². The zero-order chi connectivity index (χ0) is 23.5. The number of rotatable bonds is 6. The minimum atomic E-state index is -4.62. The van der Waals surface area contributed by atoms with Crippen LogP contribution in [0.15, 0.2) is 77.7 Å². The molecule has 3 rings (SSSR count). The molecule has 0 bridgehead atoms. The van der Waals surface area contributed by atoms with Gasteiger partial charge in [0.15, 0.2) is 0 Å². The maximum absolute atomic E-state index is 14.4. The summed E-state index contributed by atoms with van der Waals surface area (Å²) in [7, 11) is -4.36. The topological polar surface area (TPSA) is 66.5 Å². The second-order valence-corrected chi connectivity index (χ2v) is 8.77. The molecule has 0 aromatic heterocycles. The van der Waals surface area contributed by atoms with Crippen LogP contribution in [0, 0.1) is 12.7 Å². The number of nitrogens with one attached hydrogen (secondary N) is 1. The number of carbonyl (C=O) groups is 1. The quantitative estimate of drug-likeness (QED) is 0.521. The molecule has 5 nitrogen and oxygen atoms in total. The smallest absolute Gasteiger partial charge is 0.325 e. The Morgan fingerprint density at radius 1 is 0.969 bits per heavy atom. The lowest BCUT2D eigenvalue weighted by molar-refractivity contribution is -0.137. The zero-order valence-corrected chi connectivity index (χ0v) is 17.5. The molecular formula is C22H18F4N2O3S. The Labute approximate surface area is 182 Å². The molecule has 0 spiro atoms. The average Bonchev–Trinajstić information content (AvgIpc) is 2.72. The number of hydrogen-bond donors (Lipinski definition) is 1. The molecular weight excluding hydrogens is 448 g/mol. The minimum absolute atomic E-state index is 0.168. The standard InChI is InChI=1S/C22H18F4N2O3S/c1-15-9-11-18(12-10-15)32(30,31)28(20-8-3-2-7-19(20)23)14-21(29)27-17-6-4-5-16(13-17)22(24,25)26/h2-13H,14H2,1H3,(H,27,29). The van der Waals surface area contributed by atoms with Crippen LogP contribution in [-0.2, 0) is 21.0 Å². The summed E-state index contributed by atoms with van der Waals surface area (Å²) in [5, 5.41) is 2.24. The van der Waals surface area contributed by atoms with Crippen molar-refractivity contribution in [3.05, 3.63) is 89.7 Å². The van der Waals surface area contributed by atoms with Gasteiger partial charge in [0.2, 0.25) is 5.91 Å². The Bertz CT molecular complexity index is 1230. The first-order valence-electron chi connectivity index (χ1n) is 9.29. The summed E-state index contributed by atoms with van der Waals surface area (Å²) in [6.07, 6.45) is -4.62. The van der Waals surface area contributed by atoms with Crippen molar-refractivity contribution >= 4 is 27.3 Å².